The zero-order valence-electron chi connectivity index (χ0n) is 16.7. The smallest absolute Gasteiger partial charge is 0.226 e. The van der Waals surface area contributed by atoms with Gasteiger partial charge >= 0.3 is 0 Å². The van der Waals surface area contributed by atoms with E-state index in [9.17, 15) is 9.18 Å². The first-order valence-corrected chi connectivity index (χ1v) is 9.92. The Morgan fingerprint density at radius 3 is 2.68 bits per heavy atom. The van der Waals surface area contributed by atoms with E-state index in [1.165, 1.54) is 18.5 Å². The molecular formula is C22H21FN6O2. The number of halogens is 1. The van der Waals surface area contributed by atoms with Crippen molar-refractivity contribution in [2.24, 2.45) is 0 Å². The van der Waals surface area contributed by atoms with E-state index < -0.39 is 0 Å². The summed E-state index contributed by atoms with van der Waals surface area (Å²) in [6.07, 6.45) is 4.43. The van der Waals surface area contributed by atoms with E-state index >= 15 is 0 Å². The number of aromatic nitrogens is 5. The normalized spacial score (nSPS) is 11.9. The summed E-state index contributed by atoms with van der Waals surface area (Å²) in [5.74, 6) is 0.439. The zero-order valence-corrected chi connectivity index (χ0v) is 16.7. The van der Waals surface area contributed by atoms with Gasteiger partial charge in [-0.15, -0.1) is 0 Å². The SMILES string of the molecule is O=C(CCCc1nc(-c2ccc(F)cc2)no1)NC(Cn1cncn1)c1ccccc1. The second kappa shape index (κ2) is 9.75. The molecule has 8 nitrogen and oxygen atoms in total. The highest BCUT2D eigenvalue weighted by atomic mass is 19.1. The van der Waals surface area contributed by atoms with Gasteiger partial charge in [-0.2, -0.15) is 10.1 Å². The fourth-order valence-corrected chi connectivity index (χ4v) is 3.17. The third kappa shape index (κ3) is 5.59. The number of rotatable bonds is 9. The first kappa shape index (κ1) is 20.4. The van der Waals surface area contributed by atoms with Gasteiger partial charge in [0.1, 0.15) is 18.5 Å². The lowest BCUT2D eigenvalue weighted by atomic mass is 10.1. The molecule has 158 valence electrons. The van der Waals surface area contributed by atoms with Crippen LogP contribution in [-0.2, 0) is 17.8 Å². The van der Waals surface area contributed by atoms with E-state index in [-0.39, 0.29) is 17.8 Å². The van der Waals surface area contributed by atoms with Crippen molar-refractivity contribution in [1.82, 2.24) is 30.2 Å². The molecule has 2 heterocycles. The molecule has 1 atom stereocenters. The maximum Gasteiger partial charge on any atom is 0.226 e. The average Bonchev–Trinajstić information content (AvgIpc) is 3.47. The molecule has 0 spiro atoms. The summed E-state index contributed by atoms with van der Waals surface area (Å²) in [5.41, 5.74) is 1.67. The predicted molar refractivity (Wildman–Crippen MR) is 110 cm³/mol. The van der Waals surface area contributed by atoms with Crippen LogP contribution in [0.5, 0.6) is 0 Å². The van der Waals surface area contributed by atoms with Crippen molar-refractivity contribution in [3.8, 4) is 11.4 Å². The highest BCUT2D eigenvalue weighted by Gasteiger charge is 2.16. The third-order valence-electron chi connectivity index (χ3n) is 4.74. The van der Waals surface area contributed by atoms with Crippen molar-refractivity contribution in [2.45, 2.75) is 31.8 Å². The number of benzene rings is 2. The second-order valence-electron chi connectivity index (χ2n) is 7.02. The Bertz CT molecular complexity index is 1100. The summed E-state index contributed by atoms with van der Waals surface area (Å²) >= 11 is 0. The third-order valence-corrected chi connectivity index (χ3v) is 4.74. The Labute approximate surface area is 178 Å². The molecule has 2 aromatic carbocycles. The van der Waals surface area contributed by atoms with Gasteiger partial charge in [-0.3, -0.25) is 9.48 Å². The average molecular weight is 420 g/mol. The molecular weight excluding hydrogens is 399 g/mol. The van der Waals surface area contributed by atoms with Crippen LogP contribution < -0.4 is 5.32 Å². The minimum absolute atomic E-state index is 0.0766. The Balaban J connectivity index is 1.31. The maximum atomic E-state index is 13.0. The summed E-state index contributed by atoms with van der Waals surface area (Å²) in [6, 6.07) is 15.4. The molecule has 0 bridgehead atoms. The summed E-state index contributed by atoms with van der Waals surface area (Å²) in [7, 11) is 0. The van der Waals surface area contributed by atoms with Crippen molar-refractivity contribution in [1.29, 1.82) is 0 Å². The number of aryl methyl sites for hydroxylation is 1. The first-order valence-electron chi connectivity index (χ1n) is 9.92. The number of carbonyl (C=O) groups is 1. The standard InChI is InChI=1S/C22H21FN6O2/c23-18-11-9-17(10-12-18)22-27-21(31-28-22)8-4-7-20(30)26-19(13-29-15-24-14-25-29)16-5-2-1-3-6-16/h1-3,5-6,9-12,14-15,19H,4,7-8,13H2,(H,26,30). The Morgan fingerprint density at radius 1 is 1.13 bits per heavy atom. The monoisotopic (exact) mass is 420 g/mol. The molecule has 4 rings (SSSR count). The Hall–Kier alpha value is -3.88. The van der Waals surface area contributed by atoms with E-state index in [0.717, 1.165) is 5.56 Å². The van der Waals surface area contributed by atoms with E-state index in [2.05, 4.69) is 25.5 Å². The number of hydrogen-bond acceptors (Lipinski definition) is 6. The van der Waals surface area contributed by atoms with Crippen LogP contribution in [0.3, 0.4) is 0 Å². The molecule has 1 N–H and O–H groups in total. The molecule has 0 saturated heterocycles. The van der Waals surface area contributed by atoms with E-state index in [0.29, 0.717) is 43.1 Å². The number of hydrogen-bond donors (Lipinski definition) is 1. The van der Waals surface area contributed by atoms with Crippen molar-refractivity contribution in [2.75, 3.05) is 0 Å². The van der Waals surface area contributed by atoms with Crippen LogP contribution in [-0.4, -0.2) is 30.8 Å². The number of nitrogens with one attached hydrogen (secondary N) is 1. The van der Waals surface area contributed by atoms with Crippen LogP contribution in [0.2, 0.25) is 0 Å². The minimum Gasteiger partial charge on any atom is -0.347 e. The molecule has 31 heavy (non-hydrogen) atoms. The van der Waals surface area contributed by atoms with Crippen LogP contribution in [0.15, 0.2) is 71.8 Å². The van der Waals surface area contributed by atoms with Crippen LogP contribution in [0.25, 0.3) is 11.4 Å². The van der Waals surface area contributed by atoms with Crippen molar-refractivity contribution in [3.63, 3.8) is 0 Å². The van der Waals surface area contributed by atoms with Crippen LogP contribution >= 0.6 is 0 Å². The molecule has 0 aliphatic rings. The van der Waals surface area contributed by atoms with Crippen LogP contribution in [0, 0.1) is 5.82 Å². The molecule has 1 amide bonds. The largest absolute Gasteiger partial charge is 0.347 e. The maximum absolute atomic E-state index is 13.0. The molecule has 2 aromatic heterocycles. The van der Waals surface area contributed by atoms with Crippen LogP contribution in [0.1, 0.15) is 30.3 Å². The summed E-state index contributed by atoms with van der Waals surface area (Å²) in [5, 5.41) is 11.1. The quantitative estimate of drug-likeness (QED) is 0.446. The lowest BCUT2D eigenvalue weighted by Crippen LogP contribution is -2.31. The Morgan fingerprint density at radius 2 is 1.94 bits per heavy atom. The molecule has 1 unspecified atom stereocenters. The molecule has 0 radical (unpaired) electrons. The van der Waals surface area contributed by atoms with Gasteiger partial charge in [0.15, 0.2) is 0 Å². The Kier molecular flexibility index (Phi) is 6.41. The predicted octanol–water partition coefficient (Wildman–Crippen LogP) is 3.35. The summed E-state index contributed by atoms with van der Waals surface area (Å²) in [4.78, 5) is 20.8. The van der Waals surface area contributed by atoms with Gasteiger partial charge in [0.25, 0.3) is 0 Å². The fraction of sp³-hybridized carbons (Fsp3) is 0.227. The molecule has 0 saturated carbocycles. The lowest BCUT2D eigenvalue weighted by molar-refractivity contribution is -0.122. The van der Waals surface area contributed by atoms with Gasteiger partial charge in [-0.05, 0) is 36.2 Å². The van der Waals surface area contributed by atoms with Crippen molar-refractivity contribution >= 4 is 5.91 Å². The summed E-state index contributed by atoms with van der Waals surface area (Å²) < 4.78 is 20.0. The molecule has 0 aliphatic heterocycles. The number of carbonyl (C=O) groups excluding carboxylic acids is 1. The zero-order chi connectivity index (χ0) is 21.5. The fourth-order valence-electron chi connectivity index (χ4n) is 3.17. The van der Waals surface area contributed by atoms with Gasteiger partial charge in [0.05, 0.1) is 12.6 Å². The first-order chi connectivity index (χ1) is 15.2. The molecule has 9 heteroatoms. The van der Waals surface area contributed by atoms with E-state index in [1.807, 2.05) is 30.3 Å². The van der Waals surface area contributed by atoms with Crippen molar-refractivity contribution < 1.29 is 13.7 Å². The highest BCUT2D eigenvalue weighted by molar-refractivity contribution is 5.76. The molecule has 0 aliphatic carbocycles. The van der Waals surface area contributed by atoms with Crippen LogP contribution in [0.4, 0.5) is 4.39 Å². The number of nitrogens with zero attached hydrogens (tertiary/aromatic N) is 5. The van der Waals surface area contributed by atoms with Gasteiger partial charge in [0.2, 0.25) is 17.6 Å². The second-order valence-corrected chi connectivity index (χ2v) is 7.02. The van der Waals surface area contributed by atoms with Crippen molar-refractivity contribution in [3.05, 3.63) is 84.5 Å². The molecule has 4 aromatic rings. The van der Waals surface area contributed by atoms with Gasteiger partial charge < -0.3 is 9.84 Å². The topological polar surface area (TPSA) is 98.7 Å². The minimum atomic E-state index is -0.323. The number of amides is 1. The lowest BCUT2D eigenvalue weighted by Gasteiger charge is -2.19. The highest BCUT2D eigenvalue weighted by Crippen LogP contribution is 2.18. The summed E-state index contributed by atoms with van der Waals surface area (Å²) in [6.45, 7) is 0.487. The van der Waals surface area contributed by atoms with E-state index in [4.69, 9.17) is 4.52 Å². The van der Waals surface area contributed by atoms with Gasteiger partial charge in [-0.25, -0.2) is 9.37 Å². The molecule has 0 fully saturated rings. The van der Waals surface area contributed by atoms with E-state index in [1.54, 1.807) is 23.1 Å². The van der Waals surface area contributed by atoms with Gasteiger partial charge in [0, 0.05) is 18.4 Å². The van der Waals surface area contributed by atoms with Gasteiger partial charge in [-0.1, -0.05) is 35.5 Å².